The van der Waals surface area contributed by atoms with Crippen molar-refractivity contribution in [1.29, 1.82) is 0 Å². The lowest BCUT2D eigenvalue weighted by Gasteiger charge is -2.21. The van der Waals surface area contributed by atoms with Crippen molar-refractivity contribution in [1.82, 2.24) is 0 Å². The quantitative estimate of drug-likeness (QED) is 0.0169. The zero-order chi connectivity index (χ0) is 73.2. The van der Waals surface area contributed by atoms with Gasteiger partial charge in [0.05, 0.1) is 26.4 Å². The Kier molecular flexibility index (Phi) is 70.4. The molecule has 4 atom stereocenters. The van der Waals surface area contributed by atoms with Crippen molar-refractivity contribution in [3.8, 4) is 0 Å². The molecule has 0 saturated carbocycles. The van der Waals surface area contributed by atoms with Crippen LogP contribution in [0.2, 0.25) is 0 Å². The molecule has 0 saturated heterocycles. The number of phosphoric acid groups is 2. The van der Waals surface area contributed by atoms with Crippen LogP contribution in [0.15, 0.2) is 97.2 Å². The molecule has 0 rings (SSSR count). The number of aliphatic hydroxyl groups is 1. The van der Waals surface area contributed by atoms with Gasteiger partial charge in [-0.3, -0.25) is 37.3 Å². The number of ether oxygens (including phenoxy) is 4. The molecular weight excluding hydrogens is 1310 g/mol. The molecule has 19 heteroatoms. The average Bonchev–Trinajstić information content (AvgIpc) is 1.01. The number of hydrogen-bond donors (Lipinski definition) is 3. The van der Waals surface area contributed by atoms with Gasteiger partial charge < -0.3 is 33.8 Å². The van der Waals surface area contributed by atoms with E-state index in [0.717, 1.165) is 180 Å². The van der Waals surface area contributed by atoms with Crippen LogP contribution >= 0.6 is 15.6 Å². The molecule has 0 aromatic carbocycles. The summed E-state index contributed by atoms with van der Waals surface area (Å²) in [4.78, 5) is 72.9. The lowest BCUT2D eigenvalue weighted by atomic mass is 10.1. The van der Waals surface area contributed by atoms with E-state index < -0.39 is 97.5 Å². The molecule has 3 N–H and O–H groups in total. The number of phosphoric ester groups is 2. The fourth-order valence-corrected chi connectivity index (χ4v) is 12.0. The second-order valence-electron chi connectivity index (χ2n) is 26.3. The third-order valence-corrected chi connectivity index (χ3v) is 18.4. The van der Waals surface area contributed by atoms with Crippen LogP contribution in [0.3, 0.4) is 0 Å². The van der Waals surface area contributed by atoms with Crippen molar-refractivity contribution in [2.75, 3.05) is 39.6 Å². The summed E-state index contributed by atoms with van der Waals surface area (Å²) in [5, 5.41) is 10.6. The molecule has 578 valence electrons. The highest BCUT2D eigenvalue weighted by molar-refractivity contribution is 7.47. The van der Waals surface area contributed by atoms with Crippen molar-refractivity contribution >= 4 is 39.5 Å². The predicted octanol–water partition coefficient (Wildman–Crippen LogP) is 22.8. The van der Waals surface area contributed by atoms with E-state index in [1.54, 1.807) is 0 Å². The molecule has 0 fully saturated rings. The van der Waals surface area contributed by atoms with E-state index in [1.165, 1.54) is 77.0 Å². The number of unbranched alkanes of at least 4 members (excludes halogenated alkanes) is 32. The van der Waals surface area contributed by atoms with E-state index in [9.17, 15) is 43.2 Å². The third kappa shape index (κ3) is 72.3. The van der Waals surface area contributed by atoms with Crippen LogP contribution in [0.25, 0.3) is 0 Å². The molecule has 0 aromatic rings. The summed E-state index contributed by atoms with van der Waals surface area (Å²) < 4.78 is 68.5. The predicted molar refractivity (Wildman–Crippen MR) is 409 cm³/mol. The Morgan fingerprint density at radius 3 is 0.740 bits per heavy atom. The number of hydrogen-bond acceptors (Lipinski definition) is 15. The zero-order valence-electron chi connectivity index (χ0n) is 63.1. The number of carbonyl (C=O) groups excluding carboxylic acids is 4. The number of esters is 4. The van der Waals surface area contributed by atoms with E-state index in [4.69, 9.17) is 37.0 Å². The van der Waals surface area contributed by atoms with Crippen molar-refractivity contribution in [3.05, 3.63) is 97.2 Å². The van der Waals surface area contributed by atoms with Gasteiger partial charge in [-0.1, -0.05) is 253 Å². The highest BCUT2D eigenvalue weighted by Gasteiger charge is 2.30. The molecule has 0 radical (unpaired) electrons. The normalized spacial score (nSPS) is 14.4. The lowest BCUT2D eigenvalue weighted by Crippen LogP contribution is -2.30. The number of carbonyl (C=O) groups is 4. The second-order valence-corrected chi connectivity index (χ2v) is 29.2. The standard InChI is InChI=1S/C81H142O17P2/c1-5-9-13-17-21-25-29-33-37-41-45-49-53-57-61-65-78(83)91-71-76(97-80(85)67-63-59-55-51-47-43-39-35-31-27-23-19-15-11-7-3)73-95-99(87,88)93-69-75(82)70-94-100(89,90)96-74-77(98-81(86)68-64-60-56-52-48-44-40-36-32-28-24-20-16-12-8-4)72-92-79(84)66-62-58-54-50-46-42-38-34-30-26-22-18-14-10-6-2/h21-28,33-40,75-77,82H,5-20,29-32,41-74H2,1-4H3,(H,87,88)(H,89,90)/b25-21-,26-22-,27-23+,28-24+,37-33+,38-34+,39-35+,40-36+/t76-,77-/m1/s1. The SMILES string of the molecule is CCCCC/C=C\C/C=C/CCCCCCCC(=O)OC[C@H](COP(=O)(O)OCC(O)COP(=O)(O)OC[C@@H](COC(=O)CCCCCCC/C=C/C/C=C\CCCCC)OC(=O)CCCCCCC/C=C/C/C=C/CCCCC)OC(=O)CCCCCCC/C=C/C/C=C/CCCCC. The first-order valence-corrected chi connectivity index (χ1v) is 42.5. The summed E-state index contributed by atoms with van der Waals surface area (Å²) in [6.45, 7) is 4.74. The first kappa shape index (κ1) is 96.0. The van der Waals surface area contributed by atoms with E-state index >= 15 is 0 Å². The Morgan fingerprint density at radius 2 is 0.490 bits per heavy atom. The van der Waals surface area contributed by atoms with Crippen LogP contribution in [-0.4, -0.2) is 96.7 Å². The van der Waals surface area contributed by atoms with Gasteiger partial charge in [-0.05, 0) is 154 Å². The smallest absolute Gasteiger partial charge is 0.462 e. The molecule has 0 spiro atoms. The summed E-state index contributed by atoms with van der Waals surface area (Å²) in [5.74, 6) is -2.22. The van der Waals surface area contributed by atoms with Gasteiger partial charge in [-0.25, -0.2) is 9.13 Å². The minimum atomic E-state index is -4.98. The van der Waals surface area contributed by atoms with E-state index in [1.807, 2.05) is 0 Å². The van der Waals surface area contributed by atoms with Crippen LogP contribution < -0.4 is 0 Å². The molecular formula is C81H142O17P2. The monoisotopic (exact) mass is 1450 g/mol. The molecule has 0 aromatic heterocycles. The molecule has 0 amide bonds. The molecule has 0 heterocycles. The molecule has 0 aliphatic heterocycles. The minimum absolute atomic E-state index is 0.0756. The molecule has 0 bridgehead atoms. The van der Waals surface area contributed by atoms with Gasteiger partial charge in [0.1, 0.15) is 19.3 Å². The fraction of sp³-hybridized carbons (Fsp3) is 0.753. The maximum Gasteiger partial charge on any atom is 0.472 e. The number of allylic oxidation sites excluding steroid dienone is 16. The molecule has 17 nitrogen and oxygen atoms in total. The average molecular weight is 1450 g/mol. The topological polar surface area (TPSA) is 237 Å². The van der Waals surface area contributed by atoms with Gasteiger partial charge in [0, 0.05) is 25.7 Å². The molecule has 100 heavy (non-hydrogen) atoms. The number of aliphatic hydroxyl groups excluding tert-OH is 1. The highest BCUT2D eigenvalue weighted by Crippen LogP contribution is 2.45. The van der Waals surface area contributed by atoms with Crippen molar-refractivity contribution < 1.29 is 80.2 Å². The van der Waals surface area contributed by atoms with Gasteiger partial charge in [0.2, 0.25) is 0 Å². The Bertz CT molecular complexity index is 2120. The zero-order valence-corrected chi connectivity index (χ0v) is 64.9. The van der Waals surface area contributed by atoms with Crippen LogP contribution in [0.1, 0.15) is 336 Å². The summed E-state index contributed by atoms with van der Waals surface area (Å²) in [7, 11) is -9.97. The van der Waals surface area contributed by atoms with Crippen LogP contribution in [0, 0.1) is 0 Å². The van der Waals surface area contributed by atoms with Crippen LogP contribution in [-0.2, 0) is 65.4 Å². The maximum atomic E-state index is 13.1. The summed E-state index contributed by atoms with van der Waals surface area (Å²) in [5.41, 5.74) is 0. The Morgan fingerprint density at radius 1 is 0.280 bits per heavy atom. The van der Waals surface area contributed by atoms with E-state index in [2.05, 4.69) is 125 Å². The highest BCUT2D eigenvalue weighted by atomic mass is 31.2. The molecule has 0 aliphatic rings. The lowest BCUT2D eigenvalue weighted by molar-refractivity contribution is -0.161. The minimum Gasteiger partial charge on any atom is -0.462 e. The second kappa shape index (κ2) is 73.3. The Balaban J connectivity index is 5.40. The summed E-state index contributed by atoms with van der Waals surface area (Å²) in [6, 6.07) is 0. The first-order chi connectivity index (χ1) is 48.7. The molecule has 2 unspecified atom stereocenters. The third-order valence-electron chi connectivity index (χ3n) is 16.5. The van der Waals surface area contributed by atoms with Crippen LogP contribution in [0.4, 0.5) is 0 Å². The maximum absolute atomic E-state index is 13.1. The Hall–Kier alpha value is -4.02. The molecule has 0 aliphatic carbocycles. The number of rotatable bonds is 74. The van der Waals surface area contributed by atoms with Crippen molar-refractivity contribution in [2.45, 2.75) is 354 Å². The Labute approximate surface area is 607 Å². The summed E-state index contributed by atoms with van der Waals surface area (Å²) in [6.07, 6.45) is 76.6. The van der Waals surface area contributed by atoms with Gasteiger partial charge >= 0.3 is 39.5 Å². The van der Waals surface area contributed by atoms with E-state index in [-0.39, 0.29) is 25.7 Å². The van der Waals surface area contributed by atoms with Gasteiger partial charge in [-0.15, -0.1) is 0 Å². The fourth-order valence-electron chi connectivity index (χ4n) is 10.4. The van der Waals surface area contributed by atoms with E-state index in [0.29, 0.717) is 25.7 Å². The largest absolute Gasteiger partial charge is 0.472 e. The van der Waals surface area contributed by atoms with Gasteiger partial charge in [-0.2, -0.15) is 0 Å². The van der Waals surface area contributed by atoms with Gasteiger partial charge in [0.25, 0.3) is 0 Å². The van der Waals surface area contributed by atoms with Crippen molar-refractivity contribution in [3.63, 3.8) is 0 Å². The van der Waals surface area contributed by atoms with Gasteiger partial charge in [0.15, 0.2) is 12.2 Å². The van der Waals surface area contributed by atoms with Crippen molar-refractivity contribution in [2.24, 2.45) is 0 Å². The summed E-state index contributed by atoms with van der Waals surface area (Å²) >= 11 is 0. The van der Waals surface area contributed by atoms with Crippen LogP contribution in [0.5, 0.6) is 0 Å². The first-order valence-electron chi connectivity index (χ1n) is 39.5.